The Labute approximate surface area is 104 Å². The first-order chi connectivity index (χ1) is 7.95. The van der Waals surface area contributed by atoms with Crippen molar-refractivity contribution < 1.29 is 9.53 Å². The zero-order chi connectivity index (χ0) is 12.6. The lowest BCUT2D eigenvalue weighted by Gasteiger charge is -2.32. The maximum atomic E-state index is 12.4. The van der Waals surface area contributed by atoms with Gasteiger partial charge >= 0.3 is 0 Å². The summed E-state index contributed by atoms with van der Waals surface area (Å²) in [5.74, 6) is 0.126. The van der Waals surface area contributed by atoms with Gasteiger partial charge in [0.15, 0.2) is 0 Å². The molecule has 0 aromatic heterocycles. The van der Waals surface area contributed by atoms with E-state index in [-0.39, 0.29) is 5.91 Å². The third-order valence-corrected chi connectivity index (χ3v) is 4.46. The topological polar surface area (TPSA) is 32.8 Å². The SMILES string of the molecule is COC(C)(C)C(=O)N1CCC2CCC(C1)N2C. The van der Waals surface area contributed by atoms with E-state index in [9.17, 15) is 4.79 Å². The Bertz CT molecular complexity index is 304. The fourth-order valence-corrected chi connectivity index (χ4v) is 2.96. The molecule has 2 fully saturated rings. The summed E-state index contributed by atoms with van der Waals surface area (Å²) >= 11 is 0. The second-order valence-electron chi connectivity index (χ2n) is 5.80. The predicted octanol–water partition coefficient (Wildman–Crippen LogP) is 1.11. The van der Waals surface area contributed by atoms with Gasteiger partial charge in [-0.2, -0.15) is 0 Å². The summed E-state index contributed by atoms with van der Waals surface area (Å²) in [6.45, 7) is 5.43. The number of hydrogen-bond donors (Lipinski definition) is 0. The highest BCUT2D eigenvalue weighted by Gasteiger charge is 2.39. The third kappa shape index (κ3) is 2.33. The highest BCUT2D eigenvalue weighted by Crippen LogP contribution is 2.29. The molecule has 2 saturated heterocycles. The highest BCUT2D eigenvalue weighted by atomic mass is 16.5. The van der Waals surface area contributed by atoms with E-state index in [4.69, 9.17) is 4.74 Å². The third-order valence-electron chi connectivity index (χ3n) is 4.46. The largest absolute Gasteiger partial charge is 0.369 e. The molecule has 2 heterocycles. The molecule has 17 heavy (non-hydrogen) atoms. The maximum Gasteiger partial charge on any atom is 0.254 e. The Hall–Kier alpha value is -0.610. The first-order valence-electron chi connectivity index (χ1n) is 6.52. The van der Waals surface area contributed by atoms with Gasteiger partial charge in [0, 0.05) is 32.3 Å². The number of ether oxygens (including phenoxy) is 1. The zero-order valence-corrected chi connectivity index (χ0v) is 11.4. The van der Waals surface area contributed by atoms with E-state index >= 15 is 0 Å². The second kappa shape index (κ2) is 4.58. The molecule has 4 heteroatoms. The number of rotatable bonds is 2. The van der Waals surface area contributed by atoms with Crippen LogP contribution >= 0.6 is 0 Å². The van der Waals surface area contributed by atoms with Gasteiger partial charge in [-0.25, -0.2) is 0 Å². The molecule has 0 aliphatic carbocycles. The van der Waals surface area contributed by atoms with Crippen LogP contribution in [0.3, 0.4) is 0 Å². The Morgan fingerprint density at radius 3 is 2.53 bits per heavy atom. The minimum absolute atomic E-state index is 0.126. The predicted molar refractivity (Wildman–Crippen MR) is 66.9 cm³/mol. The number of hydrogen-bond acceptors (Lipinski definition) is 3. The second-order valence-corrected chi connectivity index (χ2v) is 5.80. The molecule has 2 bridgehead atoms. The number of nitrogens with zero attached hydrogens (tertiary/aromatic N) is 2. The van der Waals surface area contributed by atoms with Crippen molar-refractivity contribution in [1.82, 2.24) is 9.80 Å². The summed E-state index contributed by atoms with van der Waals surface area (Å²) in [6.07, 6.45) is 3.60. The number of likely N-dealkylation sites (tertiary alicyclic amines) is 1. The molecule has 0 aromatic rings. The molecule has 1 amide bonds. The van der Waals surface area contributed by atoms with Crippen molar-refractivity contribution in [2.24, 2.45) is 0 Å². The quantitative estimate of drug-likeness (QED) is 0.725. The molecule has 0 saturated carbocycles. The van der Waals surface area contributed by atoms with Gasteiger partial charge in [0.2, 0.25) is 0 Å². The van der Waals surface area contributed by atoms with Gasteiger partial charge in [0.1, 0.15) is 5.60 Å². The van der Waals surface area contributed by atoms with Crippen molar-refractivity contribution in [2.75, 3.05) is 27.2 Å². The first kappa shape index (κ1) is 12.8. The monoisotopic (exact) mass is 240 g/mol. The lowest BCUT2D eigenvalue weighted by Crippen LogP contribution is -2.49. The summed E-state index contributed by atoms with van der Waals surface area (Å²) in [4.78, 5) is 16.8. The number of carbonyl (C=O) groups is 1. The minimum Gasteiger partial charge on any atom is -0.369 e. The molecule has 2 atom stereocenters. The Morgan fingerprint density at radius 2 is 1.88 bits per heavy atom. The summed E-state index contributed by atoms with van der Waals surface area (Å²) in [5, 5.41) is 0. The maximum absolute atomic E-state index is 12.4. The van der Waals surface area contributed by atoms with E-state index in [1.165, 1.54) is 12.8 Å². The van der Waals surface area contributed by atoms with Crippen LogP contribution in [0, 0.1) is 0 Å². The molecule has 0 aromatic carbocycles. The molecule has 2 unspecified atom stereocenters. The average Bonchev–Trinajstić information content (AvgIpc) is 2.52. The number of methoxy groups -OCH3 is 1. The standard InChI is InChI=1S/C13H24N2O2/c1-13(2,17-4)12(16)15-8-7-10-5-6-11(9-15)14(10)3/h10-11H,5-9H2,1-4H3. The van der Waals surface area contributed by atoms with Crippen molar-refractivity contribution in [2.45, 2.75) is 50.8 Å². The van der Waals surface area contributed by atoms with Gasteiger partial charge < -0.3 is 9.64 Å². The van der Waals surface area contributed by atoms with E-state index in [0.29, 0.717) is 12.1 Å². The van der Waals surface area contributed by atoms with Crippen LogP contribution in [0.15, 0.2) is 0 Å². The van der Waals surface area contributed by atoms with E-state index in [2.05, 4.69) is 11.9 Å². The van der Waals surface area contributed by atoms with E-state index in [1.807, 2.05) is 18.7 Å². The molecule has 0 radical (unpaired) electrons. The lowest BCUT2D eigenvalue weighted by molar-refractivity contribution is -0.151. The van der Waals surface area contributed by atoms with Crippen LogP contribution in [0.1, 0.15) is 33.1 Å². The van der Waals surface area contributed by atoms with Crippen LogP contribution in [-0.2, 0) is 9.53 Å². The smallest absolute Gasteiger partial charge is 0.254 e. The van der Waals surface area contributed by atoms with Crippen molar-refractivity contribution in [3.8, 4) is 0 Å². The minimum atomic E-state index is -0.692. The van der Waals surface area contributed by atoms with Crippen molar-refractivity contribution in [3.63, 3.8) is 0 Å². The molecule has 0 spiro atoms. The van der Waals surface area contributed by atoms with Crippen LogP contribution in [0.2, 0.25) is 0 Å². The van der Waals surface area contributed by atoms with Crippen molar-refractivity contribution in [1.29, 1.82) is 0 Å². The summed E-state index contributed by atoms with van der Waals surface area (Å²) in [7, 11) is 3.80. The van der Waals surface area contributed by atoms with Crippen LogP contribution in [-0.4, -0.2) is 60.6 Å². The Balaban J connectivity index is 2.06. The van der Waals surface area contributed by atoms with Crippen LogP contribution in [0.25, 0.3) is 0 Å². The molecule has 2 rings (SSSR count). The van der Waals surface area contributed by atoms with Gasteiger partial charge in [-0.05, 0) is 40.2 Å². The van der Waals surface area contributed by atoms with Gasteiger partial charge in [0.05, 0.1) is 0 Å². The summed E-state index contributed by atoms with van der Waals surface area (Å²) in [6, 6.07) is 1.21. The molecule has 2 aliphatic rings. The number of carbonyl (C=O) groups excluding carboxylic acids is 1. The molecular weight excluding hydrogens is 216 g/mol. The lowest BCUT2D eigenvalue weighted by atomic mass is 10.0. The Kier molecular flexibility index (Phi) is 3.46. The summed E-state index contributed by atoms with van der Waals surface area (Å²) in [5.41, 5.74) is -0.692. The number of likely N-dealkylation sites (N-methyl/N-ethyl adjacent to an activating group) is 1. The van der Waals surface area contributed by atoms with Crippen LogP contribution < -0.4 is 0 Å². The van der Waals surface area contributed by atoms with E-state index in [0.717, 1.165) is 19.5 Å². The first-order valence-corrected chi connectivity index (χ1v) is 6.52. The van der Waals surface area contributed by atoms with Gasteiger partial charge in [-0.1, -0.05) is 0 Å². The molecular formula is C13H24N2O2. The average molecular weight is 240 g/mol. The number of amides is 1. The molecule has 0 N–H and O–H groups in total. The zero-order valence-electron chi connectivity index (χ0n) is 11.4. The van der Waals surface area contributed by atoms with E-state index in [1.54, 1.807) is 7.11 Å². The van der Waals surface area contributed by atoms with Gasteiger partial charge in [-0.3, -0.25) is 9.69 Å². The van der Waals surface area contributed by atoms with Crippen LogP contribution in [0.4, 0.5) is 0 Å². The highest BCUT2D eigenvalue weighted by molar-refractivity contribution is 5.84. The van der Waals surface area contributed by atoms with Crippen LogP contribution in [0.5, 0.6) is 0 Å². The Morgan fingerprint density at radius 1 is 1.24 bits per heavy atom. The molecule has 2 aliphatic heterocycles. The molecule has 98 valence electrons. The normalized spacial score (nSPS) is 30.5. The number of fused-ring (bicyclic) bond motifs is 2. The fourth-order valence-electron chi connectivity index (χ4n) is 2.96. The van der Waals surface area contributed by atoms with E-state index < -0.39 is 5.60 Å². The fraction of sp³-hybridized carbons (Fsp3) is 0.923. The van der Waals surface area contributed by atoms with Crippen molar-refractivity contribution in [3.05, 3.63) is 0 Å². The van der Waals surface area contributed by atoms with Gasteiger partial charge in [-0.15, -0.1) is 0 Å². The van der Waals surface area contributed by atoms with Gasteiger partial charge in [0.25, 0.3) is 5.91 Å². The molecule has 4 nitrogen and oxygen atoms in total. The summed E-state index contributed by atoms with van der Waals surface area (Å²) < 4.78 is 5.30. The van der Waals surface area contributed by atoms with Crippen molar-refractivity contribution >= 4 is 5.91 Å².